The van der Waals surface area contributed by atoms with Crippen molar-refractivity contribution in [1.82, 2.24) is 10.6 Å². The van der Waals surface area contributed by atoms with Gasteiger partial charge in [0.1, 0.15) is 22.8 Å². The Morgan fingerprint density at radius 3 is 0.561 bits per heavy atom. The molecule has 0 amide bonds. The molecule has 408 valence electrons. The van der Waals surface area contributed by atoms with Crippen LogP contribution in [0.15, 0.2) is 215 Å². The van der Waals surface area contributed by atoms with Gasteiger partial charge in [-0.05, 0) is 194 Å². The number of ketones is 4. The van der Waals surface area contributed by atoms with Gasteiger partial charge in [0.15, 0.2) is 24.7 Å². The lowest BCUT2D eigenvalue weighted by molar-refractivity contribution is 0.104. The Morgan fingerprint density at radius 1 is 0.256 bits per heavy atom. The quantitative estimate of drug-likeness (QED) is 0.113. The molecule has 82 heavy (non-hydrogen) atoms. The molecule has 4 bridgehead atoms. The van der Waals surface area contributed by atoms with E-state index in [4.69, 9.17) is 113 Å². The lowest BCUT2D eigenvalue weighted by atomic mass is 9.99. The normalized spacial score (nSPS) is 18.0. The Morgan fingerprint density at radius 2 is 0.402 bits per heavy atom. The van der Waals surface area contributed by atoms with E-state index in [1.54, 1.807) is 214 Å². The van der Waals surface area contributed by atoms with E-state index >= 15 is 0 Å². The van der Waals surface area contributed by atoms with Crippen molar-refractivity contribution in [3.63, 3.8) is 0 Å². The lowest BCUT2D eigenvalue weighted by Crippen LogP contribution is -2.69. The first-order valence-corrected chi connectivity index (χ1v) is 27.9. The van der Waals surface area contributed by atoms with Gasteiger partial charge < -0.3 is 0 Å². The standard InChI is InChI=1S/2C30H19Cl4N5O2/c2*31-19-5-1-17(2-6-19)27(40)25-29-35-30(39(36-25)24-15-11-22(34)12-16-24)26(28(41)18-3-7-20(32)8-4-18)37-38(29)23-13-9-21(33)10-14-23/h2*1-16,29-30,35H/t2*29-,30-/m11/s1. The molecular formula is C60H38Cl8N10O4. The Kier molecular flexibility index (Phi) is 16.6. The Labute approximate surface area is 509 Å². The molecule has 4 aliphatic rings. The molecule has 22 heteroatoms. The van der Waals surface area contributed by atoms with Gasteiger partial charge in [-0.25, -0.2) is 20.0 Å². The predicted octanol–water partition coefficient (Wildman–Crippen LogP) is 14.7. The van der Waals surface area contributed by atoms with Crippen LogP contribution >= 0.6 is 92.8 Å². The van der Waals surface area contributed by atoms with E-state index in [0.29, 0.717) is 85.2 Å². The van der Waals surface area contributed by atoms with Gasteiger partial charge in [-0.1, -0.05) is 92.8 Å². The van der Waals surface area contributed by atoms with E-state index in [9.17, 15) is 19.2 Å². The first kappa shape index (κ1) is 56.4. The van der Waals surface area contributed by atoms with Gasteiger partial charge in [0.05, 0.1) is 22.7 Å². The molecular weight excluding hydrogens is 1210 g/mol. The van der Waals surface area contributed by atoms with Crippen LogP contribution in [0.2, 0.25) is 40.2 Å². The summed E-state index contributed by atoms with van der Waals surface area (Å²) in [4.78, 5) is 55.6. The van der Waals surface area contributed by atoms with E-state index in [1.165, 1.54) is 0 Å². The smallest absolute Gasteiger partial charge is 0.212 e. The van der Waals surface area contributed by atoms with Crippen LogP contribution in [0.1, 0.15) is 41.4 Å². The Bertz CT molecular complexity index is 3380. The number of halogens is 8. The highest BCUT2D eigenvalue weighted by Gasteiger charge is 2.48. The van der Waals surface area contributed by atoms with E-state index in [1.807, 2.05) is 0 Å². The molecule has 4 heterocycles. The van der Waals surface area contributed by atoms with Crippen molar-refractivity contribution in [2.45, 2.75) is 24.7 Å². The van der Waals surface area contributed by atoms with Crippen LogP contribution in [0.4, 0.5) is 22.7 Å². The van der Waals surface area contributed by atoms with Crippen molar-refractivity contribution in [2.75, 3.05) is 20.0 Å². The molecule has 8 aromatic carbocycles. The maximum absolute atomic E-state index is 13.9. The molecule has 0 unspecified atom stereocenters. The van der Waals surface area contributed by atoms with Crippen molar-refractivity contribution < 1.29 is 19.2 Å². The van der Waals surface area contributed by atoms with Gasteiger partial charge in [-0.2, -0.15) is 20.4 Å². The molecule has 4 aliphatic heterocycles. The third kappa shape index (κ3) is 11.9. The first-order chi connectivity index (χ1) is 39.6. The summed E-state index contributed by atoms with van der Waals surface area (Å²) in [5, 5.41) is 36.6. The zero-order valence-corrected chi connectivity index (χ0v) is 48.1. The molecule has 0 spiro atoms. The Hall–Kier alpha value is -7.44. The summed E-state index contributed by atoms with van der Waals surface area (Å²) in [6.45, 7) is 0. The van der Waals surface area contributed by atoms with E-state index in [0.717, 1.165) is 0 Å². The number of nitrogens with zero attached hydrogens (tertiary/aromatic N) is 8. The summed E-state index contributed by atoms with van der Waals surface area (Å²) in [5.74, 6) is -1.34. The fourth-order valence-electron chi connectivity index (χ4n) is 9.15. The summed E-state index contributed by atoms with van der Waals surface area (Å²) in [5.41, 5.74) is 4.63. The monoisotopic (exact) mass is 1240 g/mol. The van der Waals surface area contributed by atoms with Gasteiger partial charge in [0, 0.05) is 62.4 Å². The van der Waals surface area contributed by atoms with Crippen LogP contribution in [0.5, 0.6) is 0 Å². The predicted molar refractivity (Wildman–Crippen MR) is 330 cm³/mol. The van der Waals surface area contributed by atoms with Gasteiger partial charge in [-0.15, -0.1) is 0 Å². The highest BCUT2D eigenvalue weighted by molar-refractivity contribution is 6.53. The molecule has 0 aromatic heterocycles. The van der Waals surface area contributed by atoms with Crippen LogP contribution < -0.4 is 30.7 Å². The van der Waals surface area contributed by atoms with Crippen LogP contribution in [-0.2, 0) is 0 Å². The number of fused-ring (bicyclic) bond motifs is 4. The number of carbonyl (C=O) groups excluding carboxylic acids is 4. The largest absolute Gasteiger partial charge is 0.287 e. The number of carbonyl (C=O) groups is 4. The molecule has 0 fully saturated rings. The minimum Gasteiger partial charge on any atom is -0.287 e. The topological polar surface area (TPSA) is 155 Å². The minimum absolute atomic E-state index is 0.162. The van der Waals surface area contributed by atoms with Crippen LogP contribution in [0, 0.1) is 0 Å². The molecule has 14 nitrogen and oxygen atoms in total. The average molecular weight is 1250 g/mol. The van der Waals surface area contributed by atoms with Gasteiger partial charge in [-0.3, -0.25) is 29.8 Å². The molecule has 2 N–H and O–H groups in total. The summed E-state index contributed by atoms with van der Waals surface area (Å²) < 4.78 is 0. The van der Waals surface area contributed by atoms with E-state index in [-0.39, 0.29) is 46.0 Å². The number of hydrogen-bond acceptors (Lipinski definition) is 14. The summed E-state index contributed by atoms with van der Waals surface area (Å²) >= 11 is 48.9. The van der Waals surface area contributed by atoms with Crippen LogP contribution in [-0.4, -0.2) is 70.6 Å². The van der Waals surface area contributed by atoms with Gasteiger partial charge in [0.2, 0.25) is 23.1 Å². The Balaban J connectivity index is 0.000000172. The average Bonchev–Trinajstić information content (AvgIpc) is 3.12. The van der Waals surface area contributed by atoms with Crippen molar-refractivity contribution >= 4 is 162 Å². The highest BCUT2D eigenvalue weighted by atomic mass is 35.5. The fraction of sp³-hybridized carbons (Fsp3) is 0.0667. The minimum atomic E-state index is -0.810. The second kappa shape index (κ2) is 24.2. The molecule has 0 saturated heterocycles. The number of rotatable bonds is 12. The number of benzene rings is 8. The third-order valence-electron chi connectivity index (χ3n) is 13.2. The van der Waals surface area contributed by atoms with Gasteiger partial charge in [0.25, 0.3) is 0 Å². The summed E-state index contributed by atoms with van der Waals surface area (Å²) in [6, 6.07) is 54.0. The number of hydrogen-bond donors (Lipinski definition) is 2. The number of anilines is 4. The second-order valence-corrected chi connectivity index (χ2v) is 22.0. The van der Waals surface area contributed by atoms with Crippen LogP contribution in [0.25, 0.3) is 0 Å². The molecule has 8 aromatic rings. The zero-order valence-electron chi connectivity index (χ0n) is 42.0. The van der Waals surface area contributed by atoms with E-state index in [2.05, 4.69) is 10.6 Å². The van der Waals surface area contributed by atoms with E-state index < -0.39 is 24.7 Å². The number of hydrazone groups is 4. The zero-order chi connectivity index (χ0) is 57.3. The van der Waals surface area contributed by atoms with Crippen LogP contribution in [0.3, 0.4) is 0 Å². The molecule has 0 aliphatic carbocycles. The maximum atomic E-state index is 13.9. The maximum Gasteiger partial charge on any atom is 0.212 e. The van der Waals surface area contributed by atoms with Crippen molar-refractivity contribution in [2.24, 2.45) is 20.4 Å². The second-order valence-electron chi connectivity index (χ2n) is 18.5. The van der Waals surface area contributed by atoms with Crippen molar-refractivity contribution in [3.05, 3.63) is 257 Å². The fourth-order valence-corrected chi connectivity index (χ4v) is 10.2. The first-order valence-electron chi connectivity index (χ1n) is 24.8. The summed E-state index contributed by atoms with van der Waals surface area (Å²) in [6.07, 6.45) is -3.24. The number of Topliss-reactive ketones (excluding diaryl/α,β-unsaturated/α-hetero) is 4. The van der Waals surface area contributed by atoms with Crippen molar-refractivity contribution in [1.29, 1.82) is 0 Å². The third-order valence-corrected chi connectivity index (χ3v) is 15.2. The lowest BCUT2D eigenvalue weighted by Gasteiger charge is -2.45. The molecule has 0 radical (unpaired) electrons. The van der Waals surface area contributed by atoms with Crippen molar-refractivity contribution in [3.8, 4) is 0 Å². The molecule has 4 atom stereocenters. The molecule has 12 rings (SSSR count). The highest BCUT2D eigenvalue weighted by Crippen LogP contribution is 2.35. The van der Waals surface area contributed by atoms with Gasteiger partial charge >= 0.3 is 0 Å². The number of nitrogens with one attached hydrogen (secondary N) is 2. The molecule has 0 saturated carbocycles. The summed E-state index contributed by atoms with van der Waals surface area (Å²) in [7, 11) is 0. The SMILES string of the molecule is O=C(C1=NN(c2ccc(Cl)cc2)[C@H]2N[C@@H]1N(c1ccc(Cl)cc1)N=C2C(=O)c1ccc(Cl)cc1)c1ccc(Cl)cc1.O=C(C1=NN(c2ccc(Cl)cc2)[C@H]2N[C@@H]1N(c1ccc(Cl)cc1)N=C2C(=O)c1ccc(Cl)cc1)c1ccc(Cl)cc1.